The van der Waals surface area contributed by atoms with E-state index in [0.29, 0.717) is 23.6 Å². The van der Waals surface area contributed by atoms with Crippen LogP contribution in [0.25, 0.3) is 0 Å². The number of hydrogen-bond acceptors (Lipinski definition) is 6. The summed E-state index contributed by atoms with van der Waals surface area (Å²) in [7, 11) is -4.18. The van der Waals surface area contributed by atoms with Crippen LogP contribution in [0.5, 0.6) is 11.6 Å². The molecular weight excluding hydrogens is 450 g/mol. The zero-order valence-electron chi connectivity index (χ0n) is 20.7. The average molecular weight is 482 g/mol. The molecule has 1 amide bonds. The van der Waals surface area contributed by atoms with Crippen LogP contribution in [0.1, 0.15) is 66.1 Å². The number of carbonyl (C=O) groups is 1. The minimum absolute atomic E-state index is 0.0163. The van der Waals surface area contributed by atoms with Crippen LogP contribution in [0.3, 0.4) is 0 Å². The molecule has 0 spiro atoms. The Hall–Kier alpha value is -3.26. The van der Waals surface area contributed by atoms with Crippen molar-refractivity contribution in [3.05, 3.63) is 76.1 Å². The van der Waals surface area contributed by atoms with E-state index in [0.717, 1.165) is 16.7 Å². The van der Waals surface area contributed by atoms with Crippen LogP contribution in [-0.2, 0) is 21.9 Å². The lowest BCUT2D eigenvalue weighted by atomic mass is 9.91. The van der Waals surface area contributed by atoms with Gasteiger partial charge in [0.05, 0.1) is 0 Å². The van der Waals surface area contributed by atoms with Gasteiger partial charge in [0, 0.05) is 16.8 Å². The summed E-state index contributed by atoms with van der Waals surface area (Å²) in [5.74, 6) is -0.210. The molecule has 8 heteroatoms. The number of nitrogens with zero attached hydrogens (tertiary/aromatic N) is 2. The Balaban J connectivity index is 2.04. The molecule has 2 heterocycles. The maximum absolute atomic E-state index is 13.1. The van der Waals surface area contributed by atoms with E-state index in [2.05, 4.69) is 14.7 Å². The van der Waals surface area contributed by atoms with Crippen LogP contribution in [0.15, 0.2) is 47.5 Å². The summed E-state index contributed by atoms with van der Waals surface area (Å²) in [6.07, 6.45) is 0.572. The summed E-state index contributed by atoms with van der Waals surface area (Å²) in [4.78, 5) is 21.9. The second-order valence-electron chi connectivity index (χ2n) is 9.38. The molecule has 0 radical (unpaired) electrons. The molecule has 0 saturated heterocycles. The van der Waals surface area contributed by atoms with Gasteiger partial charge in [-0.25, -0.2) is 14.7 Å². The first-order valence-corrected chi connectivity index (χ1v) is 12.6. The zero-order chi connectivity index (χ0) is 25.3. The van der Waals surface area contributed by atoms with Gasteiger partial charge < -0.3 is 4.74 Å². The highest BCUT2D eigenvalue weighted by atomic mass is 32.2. The van der Waals surface area contributed by atoms with Crippen molar-refractivity contribution in [2.24, 2.45) is 0 Å². The van der Waals surface area contributed by atoms with Crippen molar-refractivity contribution in [2.45, 2.75) is 65.3 Å². The summed E-state index contributed by atoms with van der Waals surface area (Å²) in [6.45, 7) is 13.7. The maximum Gasteiger partial charge on any atom is 0.281 e. The highest BCUT2D eigenvalue weighted by Crippen LogP contribution is 2.33. The topological polar surface area (TPSA) is 98.2 Å². The minimum atomic E-state index is -4.18. The molecule has 2 aromatic heterocycles. The Morgan fingerprint density at radius 3 is 2.24 bits per heavy atom. The van der Waals surface area contributed by atoms with Crippen molar-refractivity contribution in [3.8, 4) is 11.6 Å². The molecule has 0 atom stereocenters. The van der Waals surface area contributed by atoms with Gasteiger partial charge in [-0.05, 0) is 62.6 Å². The third kappa shape index (κ3) is 5.62. The predicted molar refractivity (Wildman–Crippen MR) is 132 cm³/mol. The first kappa shape index (κ1) is 25.4. The van der Waals surface area contributed by atoms with Crippen molar-refractivity contribution in [1.82, 2.24) is 14.7 Å². The summed E-state index contributed by atoms with van der Waals surface area (Å²) in [5, 5.41) is -0.216. The Morgan fingerprint density at radius 1 is 1.00 bits per heavy atom. The number of benzene rings is 1. The third-order valence-electron chi connectivity index (χ3n) is 5.32. The van der Waals surface area contributed by atoms with Gasteiger partial charge >= 0.3 is 0 Å². The van der Waals surface area contributed by atoms with Gasteiger partial charge in [0.15, 0.2) is 5.03 Å². The van der Waals surface area contributed by atoms with Crippen molar-refractivity contribution >= 4 is 15.9 Å². The van der Waals surface area contributed by atoms with Gasteiger partial charge in [0.25, 0.3) is 15.9 Å². The number of aromatic nitrogens is 2. The van der Waals surface area contributed by atoms with E-state index < -0.39 is 15.9 Å². The molecule has 0 aliphatic carbocycles. The highest BCUT2D eigenvalue weighted by Gasteiger charge is 2.26. The first-order valence-electron chi connectivity index (χ1n) is 11.1. The Bertz CT molecular complexity index is 1320. The summed E-state index contributed by atoms with van der Waals surface area (Å²) in [5.41, 5.74) is 3.90. The van der Waals surface area contributed by atoms with Gasteiger partial charge in [-0.3, -0.25) is 4.79 Å². The second kappa shape index (κ2) is 9.54. The van der Waals surface area contributed by atoms with Crippen molar-refractivity contribution < 1.29 is 17.9 Å². The number of ether oxygens (including phenoxy) is 1. The van der Waals surface area contributed by atoms with E-state index in [4.69, 9.17) is 4.74 Å². The van der Waals surface area contributed by atoms with E-state index in [1.54, 1.807) is 24.3 Å². The van der Waals surface area contributed by atoms with Gasteiger partial charge in [0.2, 0.25) is 5.88 Å². The Morgan fingerprint density at radius 2 is 1.65 bits per heavy atom. The lowest BCUT2D eigenvalue weighted by Crippen LogP contribution is -2.32. The van der Waals surface area contributed by atoms with E-state index in [1.807, 2.05) is 60.6 Å². The molecule has 0 fully saturated rings. The SMILES string of the molecule is CCc1cccc(S(=O)(=O)NC(=O)c2ccc(C(C)(C)C)nc2Oc2c(C)cc(C)cc2C)n1. The van der Waals surface area contributed by atoms with Crippen LogP contribution >= 0.6 is 0 Å². The van der Waals surface area contributed by atoms with Crippen LogP contribution in [0.4, 0.5) is 0 Å². The molecule has 0 aliphatic rings. The van der Waals surface area contributed by atoms with E-state index >= 15 is 0 Å². The quantitative estimate of drug-likeness (QED) is 0.521. The fourth-order valence-electron chi connectivity index (χ4n) is 3.57. The van der Waals surface area contributed by atoms with E-state index in [9.17, 15) is 13.2 Å². The fourth-order valence-corrected chi connectivity index (χ4v) is 4.52. The van der Waals surface area contributed by atoms with Gasteiger partial charge in [-0.2, -0.15) is 8.42 Å². The van der Waals surface area contributed by atoms with Crippen LogP contribution in [-0.4, -0.2) is 24.3 Å². The number of pyridine rings is 2. The lowest BCUT2D eigenvalue weighted by Gasteiger charge is -2.21. The maximum atomic E-state index is 13.1. The first-order chi connectivity index (χ1) is 15.8. The normalized spacial score (nSPS) is 11.9. The third-order valence-corrected chi connectivity index (χ3v) is 6.55. The van der Waals surface area contributed by atoms with Crippen LogP contribution in [0.2, 0.25) is 0 Å². The summed E-state index contributed by atoms with van der Waals surface area (Å²) < 4.78 is 34.0. The fraction of sp³-hybridized carbons (Fsp3) is 0.346. The zero-order valence-corrected chi connectivity index (χ0v) is 21.5. The molecule has 0 unspecified atom stereocenters. The molecular formula is C26H31N3O4S. The minimum Gasteiger partial charge on any atom is -0.438 e. The molecule has 0 saturated carbocycles. The standard InChI is InChI=1S/C26H31N3O4S/c1-8-19-10-9-11-22(27-19)34(31,32)29-24(30)20-12-13-21(26(5,6)7)28-25(20)33-23-17(3)14-16(2)15-18(23)4/h9-15H,8H2,1-7H3,(H,29,30). The number of rotatable bonds is 6. The van der Waals surface area contributed by atoms with Crippen molar-refractivity contribution in [1.29, 1.82) is 0 Å². The highest BCUT2D eigenvalue weighted by molar-refractivity contribution is 7.90. The number of amides is 1. The van der Waals surface area contributed by atoms with E-state index in [1.165, 1.54) is 6.07 Å². The summed E-state index contributed by atoms with van der Waals surface area (Å²) in [6, 6.07) is 11.9. The molecule has 1 N–H and O–H groups in total. The Kier molecular flexibility index (Phi) is 7.12. The van der Waals surface area contributed by atoms with Crippen LogP contribution < -0.4 is 9.46 Å². The second-order valence-corrected chi connectivity index (χ2v) is 11.0. The van der Waals surface area contributed by atoms with Gasteiger partial charge in [-0.15, -0.1) is 0 Å². The van der Waals surface area contributed by atoms with Crippen molar-refractivity contribution in [3.63, 3.8) is 0 Å². The van der Waals surface area contributed by atoms with Crippen molar-refractivity contribution in [2.75, 3.05) is 0 Å². The Labute approximate surface area is 201 Å². The van der Waals surface area contributed by atoms with Gasteiger partial charge in [-0.1, -0.05) is 51.5 Å². The molecule has 0 aliphatic heterocycles. The molecule has 7 nitrogen and oxygen atoms in total. The number of hydrogen-bond donors (Lipinski definition) is 1. The molecule has 0 bridgehead atoms. The number of aryl methyl sites for hydroxylation is 4. The predicted octanol–water partition coefficient (Wildman–Crippen LogP) is 5.17. The number of nitrogens with one attached hydrogen (secondary N) is 1. The number of sulfonamides is 1. The summed E-state index contributed by atoms with van der Waals surface area (Å²) >= 11 is 0. The smallest absolute Gasteiger partial charge is 0.281 e. The number of carbonyl (C=O) groups excluding carboxylic acids is 1. The monoisotopic (exact) mass is 481 g/mol. The van der Waals surface area contributed by atoms with Gasteiger partial charge in [0.1, 0.15) is 11.3 Å². The molecule has 180 valence electrons. The lowest BCUT2D eigenvalue weighted by molar-refractivity contribution is 0.0978. The average Bonchev–Trinajstić information content (AvgIpc) is 2.75. The molecule has 34 heavy (non-hydrogen) atoms. The van der Waals surface area contributed by atoms with Crippen LogP contribution in [0, 0.1) is 20.8 Å². The molecule has 3 aromatic rings. The van der Waals surface area contributed by atoms with E-state index in [-0.39, 0.29) is 21.9 Å². The molecule has 3 rings (SSSR count). The largest absolute Gasteiger partial charge is 0.438 e. The molecule has 1 aromatic carbocycles.